The Morgan fingerprint density at radius 1 is 1.50 bits per heavy atom. The van der Waals surface area contributed by atoms with Gasteiger partial charge in [-0.1, -0.05) is 6.07 Å². The van der Waals surface area contributed by atoms with Gasteiger partial charge >= 0.3 is 0 Å². The van der Waals surface area contributed by atoms with Gasteiger partial charge in [-0.25, -0.2) is 0 Å². The van der Waals surface area contributed by atoms with Gasteiger partial charge in [0, 0.05) is 29.8 Å². The minimum atomic E-state index is 0.123. The number of hydrogen-bond donors (Lipinski definition) is 3. The third kappa shape index (κ3) is 3.10. The summed E-state index contributed by atoms with van der Waals surface area (Å²) in [4.78, 5) is 3.37. The summed E-state index contributed by atoms with van der Waals surface area (Å²) < 4.78 is 0. The van der Waals surface area contributed by atoms with Crippen LogP contribution < -0.4 is 10.6 Å². The molecule has 0 radical (unpaired) electrons. The summed E-state index contributed by atoms with van der Waals surface area (Å²) in [5, 5.41) is 17.2. The minimum Gasteiger partial charge on any atom is -0.396 e. The molecule has 1 unspecified atom stereocenters. The van der Waals surface area contributed by atoms with E-state index >= 15 is 0 Å². The zero-order valence-corrected chi connectivity index (χ0v) is 12.7. The highest BCUT2D eigenvalue weighted by Gasteiger charge is 2.25. The van der Waals surface area contributed by atoms with Gasteiger partial charge < -0.3 is 15.7 Å². The van der Waals surface area contributed by atoms with Crippen LogP contribution in [-0.4, -0.2) is 36.4 Å². The van der Waals surface area contributed by atoms with Gasteiger partial charge in [-0.15, -0.1) is 11.8 Å². The van der Waals surface area contributed by atoms with Crippen molar-refractivity contribution >= 4 is 23.3 Å². The SMILES string of the molecule is CSc1cccc(N2CCCCC2CCO)c1C(=N)N. The van der Waals surface area contributed by atoms with Crippen LogP contribution in [0.4, 0.5) is 5.69 Å². The number of nitrogens with zero attached hydrogens (tertiary/aromatic N) is 1. The highest BCUT2D eigenvalue weighted by atomic mass is 32.2. The van der Waals surface area contributed by atoms with Crippen molar-refractivity contribution in [1.29, 1.82) is 5.41 Å². The molecule has 2 rings (SSSR count). The maximum absolute atomic E-state index is 9.26. The zero-order chi connectivity index (χ0) is 14.5. The lowest BCUT2D eigenvalue weighted by Crippen LogP contribution is -2.41. The predicted molar refractivity (Wildman–Crippen MR) is 85.9 cm³/mol. The molecule has 1 heterocycles. The molecule has 0 aromatic heterocycles. The Balaban J connectivity index is 2.41. The predicted octanol–water partition coefficient (Wildman–Crippen LogP) is 2.43. The molecule has 110 valence electrons. The van der Waals surface area contributed by atoms with E-state index in [2.05, 4.69) is 4.90 Å². The second kappa shape index (κ2) is 6.99. The number of aliphatic hydroxyl groups excluding tert-OH is 1. The van der Waals surface area contributed by atoms with Gasteiger partial charge in [0.15, 0.2) is 0 Å². The van der Waals surface area contributed by atoms with E-state index in [1.54, 1.807) is 11.8 Å². The molecule has 4 nitrogen and oxygen atoms in total. The molecular formula is C15H23N3OS. The van der Waals surface area contributed by atoms with Crippen LogP contribution in [0.2, 0.25) is 0 Å². The van der Waals surface area contributed by atoms with Crippen molar-refractivity contribution in [1.82, 2.24) is 0 Å². The van der Waals surface area contributed by atoms with Crippen LogP contribution in [0.15, 0.2) is 23.1 Å². The molecule has 1 aliphatic heterocycles. The van der Waals surface area contributed by atoms with E-state index in [4.69, 9.17) is 11.1 Å². The smallest absolute Gasteiger partial charge is 0.126 e. The van der Waals surface area contributed by atoms with Crippen molar-refractivity contribution in [2.45, 2.75) is 36.6 Å². The lowest BCUT2D eigenvalue weighted by Gasteiger charge is -2.38. The van der Waals surface area contributed by atoms with E-state index in [0.717, 1.165) is 42.0 Å². The van der Waals surface area contributed by atoms with E-state index in [1.807, 2.05) is 24.5 Å². The molecule has 1 aromatic rings. The van der Waals surface area contributed by atoms with Gasteiger partial charge in [0.2, 0.25) is 0 Å². The summed E-state index contributed by atoms with van der Waals surface area (Å²) in [6.07, 6.45) is 6.25. The number of piperidine rings is 1. The summed E-state index contributed by atoms with van der Waals surface area (Å²) in [6, 6.07) is 6.43. The van der Waals surface area contributed by atoms with Crippen LogP contribution >= 0.6 is 11.8 Å². The Bertz CT molecular complexity index is 476. The fourth-order valence-corrected chi connectivity index (χ4v) is 3.60. The Morgan fingerprint density at radius 3 is 2.95 bits per heavy atom. The second-order valence-electron chi connectivity index (χ2n) is 5.12. The molecule has 1 fully saturated rings. The van der Waals surface area contributed by atoms with Crippen LogP contribution in [0, 0.1) is 5.41 Å². The van der Waals surface area contributed by atoms with Gasteiger partial charge in [0.1, 0.15) is 5.84 Å². The molecule has 1 aliphatic rings. The fourth-order valence-electron chi connectivity index (χ4n) is 2.97. The molecule has 0 aliphatic carbocycles. The first-order chi connectivity index (χ1) is 9.69. The first-order valence-electron chi connectivity index (χ1n) is 7.08. The lowest BCUT2D eigenvalue weighted by molar-refractivity contribution is 0.262. The van der Waals surface area contributed by atoms with Crippen LogP contribution in [0.1, 0.15) is 31.2 Å². The van der Waals surface area contributed by atoms with E-state index in [9.17, 15) is 5.11 Å². The topological polar surface area (TPSA) is 73.3 Å². The summed E-state index contributed by atoms with van der Waals surface area (Å²) in [5.41, 5.74) is 7.69. The van der Waals surface area contributed by atoms with Gasteiger partial charge in [0.05, 0.1) is 5.56 Å². The average molecular weight is 293 g/mol. The van der Waals surface area contributed by atoms with E-state index in [-0.39, 0.29) is 12.4 Å². The van der Waals surface area contributed by atoms with Gasteiger partial charge in [-0.3, -0.25) is 5.41 Å². The normalized spacial score (nSPS) is 19.1. The Labute approximate surface area is 124 Å². The maximum Gasteiger partial charge on any atom is 0.126 e. The zero-order valence-electron chi connectivity index (χ0n) is 11.9. The number of anilines is 1. The van der Waals surface area contributed by atoms with Gasteiger partial charge in [0.25, 0.3) is 0 Å². The van der Waals surface area contributed by atoms with Crippen LogP contribution in [0.25, 0.3) is 0 Å². The quantitative estimate of drug-likeness (QED) is 0.443. The minimum absolute atomic E-state index is 0.123. The summed E-state index contributed by atoms with van der Waals surface area (Å²) in [7, 11) is 0. The van der Waals surface area contributed by atoms with Crippen molar-refractivity contribution in [2.24, 2.45) is 5.73 Å². The number of thioether (sulfide) groups is 1. The Kier molecular flexibility index (Phi) is 5.31. The number of aliphatic hydroxyl groups is 1. The van der Waals surface area contributed by atoms with Crippen LogP contribution in [-0.2, 0) is 0 Å². The van der Waals surface area contributed by atoms with Crippen molar-refractivity contribution < 1.29 is 5.11 Å². The van der Waals surface area contributed by atoms with E-state index in [1.165, 1.54) is 6.42 Å². The number of amidine groups is 1. The van der Waals surface area contributed by atoms with Gasteiger partial charge in [-0.2, -0.15) is 0 Å². The third-order valence-electron chi connectivity index (χ3n) is 3.89. The molecule has 0 saturated carbocycles. The number of nitrogen functional groups attached to an aromatic ring is 1. The van der Waals surface area contributed by atoms with E-state index in [0.29, 0.717) is 6.04 Å². The first kappa shape index (κ1) is 15.2. The monoisotopic (exact) mass is 293 g/mol. The molecule has 0 amide bonds. The molecule has 0 spiro atoms. The first-order valence-corrected chi connectivity index (χ1v) is 8.30. The Morgan fingerprint density at radius 2 is 2.30 bits per heavy atom. The fraction of sp³-hybridized carbons (Fsp3) is 0.533. The third-order valence-corrected chi connectivity index (χ3v) is 4.67. The van der Waals surface area contributed by atoms with Crippen molar-refractivity contribution in [3.63, 3.8) is 0 Å². The van der Waals surface area contributed by atoms with Crippen LogP contribution in [0.5, 0.6) is 0 Å². The largest absolute Gasteiger partial charge is 0.396 e. The second-order valence-corrected chi connectivity index (χ2v) is 5.97. The van der Waals surface area contributed by atoms with E-state index < -0.39 is 0 Å². The van der Waals surface area contributed by atoms with Gasteiger partial charge in [-0.05, 0) is 44.1 Å². The number of rotatable bonds is 5. The molecule has 4 N–H and O–H groups in total. The molecule has 1 saturated heterocycles. The molecule has 1 aromatic carbocycles. The molecule has 1 atom stereocenters. The van der Waals surface area contributed by atoms with Crippen molar-refractivity contribution in [3.8, 4) is 0 Å². The number of nitrogens with one attached hydrogen (secondary N) is 1. The average Bonchev–Trinajstić information content (AvgIpc) is 2.47. The van der Waals surface area contributed by atoms with Crippen LogP contribution in [0.3, 0.4) is 0 Å². The standard InChI is InChI=1S/C15H23N3OS/c1-20-13-7-4-6-12(14(13)15(16)17)18-9-3-2-5-11(18)8-10-19/h4,6-7,11,19H,2-3,5,8-10H2,1H3,(H3,16,17). The highest BCUT2D eigenvalue weighted by molar-refractivity contribution is 7.98. The number of hydrogen-bond acceptors (Lipinski definition) is 4. The Hall–Kier alpha value is -1.20. The summed E-state index contributed by atoms with van der Waals surface area (Å²) in [5.74, 6) is 0.123. The highest BCUT2D eigenvalue weighted by Crippen LogP contribution is 2.33. The van der Waals surface area contributed by atoms with Crippen molar-refractivity contribution in [3.05, 3.63) is 23.8 Å². The summed E-state index contributed by atoms with van der Waals surface area (Å²) >= 11 is 1.62. The lowest BCUT2D eigenvalue weighted by atomic mass is 9.97. The molecule has 5 heteroatoms. The maximum atomic E-state index is 9.26. The van der Waals surface area contributed by atoms with Crippen molar-refractivity contribution in [2.75, 3.05) is 24.3 Å². The molecule has 0 bridgehead atoms. The number of nitrogens with two attached hydrogens (primary N) is 1. The number of benzene rings is 1. The molecular weight excluding hydrogens is 270 g/mol. The summed E-state index contributed by atoms with van der Waals surface area (Å²) in [6.45, 7) is 1.18. The molecule has 20 heavy (non-hydrogen) atoms.